The van der Waals surface area contributed by atoms with Crippen LogP contribution in [-0.4, -0.2) is 43.5 Å². The van der Waals surface area contributed by atoms with Gasteiger partial charge in [0.05, 0.1) is 12.7 Å². The van der Waals surface area contributed by atoms with E-state index < -0.39 is 17.7 Å². The topological polar surface area (TPSA) is 83.1 Å². The van der Waals surface area contributed by atoms with Gasteiger partial charge < -0.3 is 24.3 Å². The van der Waals surface area contributed by atoms with E-state index in [0.29, 0.717) is 29.9 Å². The second-order valence-corrected chi connectivity index (χ2v) is 7.31. The van der Waals surface area contributed by atoms with Crippen LogP contribution in [0.15, 0.2) is 30.9 Å². The van der Waals surface area contributed by atoms with Gasteiger partial charge in [0.1, 0.15) is 18.3 Å². The third kappa shape index (κ3) is 6.20. The van der Waals surface area contributed by atoms with Crippen molar-refractivity contribution in [2.24, 2.45) is 0 Å². The SMILES string of the molecule is C=CCOc1cc(C(=O)OC)ccc1OC1CC(NC(=O)OC(C)(C)C)C1. The third-order valence-electron chi connectivity index (χ3n) is 3.83. The fraction of sp³-hybridized carbons (Fsp3) is 0.500. The first-order valence-electron chi connectivity index (χ1n) is 8.84. The lowest BCUT2D eigenvalue weighted by molar-refractivity contribution is 0.0357. The number of carbonyl (C=O) groups is 2. The van der Waals surface area contributed by atoms with Crippen LogP contribution in [0.5, 0.6) is 11.5 Å². The molecule has 0 heterocycles. The Bertz CT molecular complexity index is 688. The monoisotopic (exact) mass is 377 g/mol. The van der Waals surface area contributed by atoms with Crippen LogP contribution < -0.4 is 14.8 Å². The molecule has 0 atom stereocenters. The quantitative estimate of drug-likeness (QED) is 0.579. The minimum absolute atomic E-state index is 0.0109. The molecule has 27 heavy (non-hydrogen) atoms. The van der Waals surface area contributed by atoms with Crippen LogP contribution in [0.3, 0.4) is 0 Å². The van der Waals surface area contributed by atoms with Crippen molar-refractivity contribution < 1.29 is 28.5 Å². The molecule has 1 N–H and O–H groups in total. The van der Waals surface area contributed by atoms with Crippen molar-refractivity contribution >= 4 is 12.1 Å². The first-order chi connectivity index (χ1) is 12.7. The van der Waals surface area contributed by atoms with E-state index in [0.717, 1.165) is 0 Å². The average molecular weight is 377 g/mol. The summed E-state index contributed by atoms with van der Waals surface area (Å²) in [5.41, 5.74) is -0.148. The second kappa shape index (κ2) is 8.79. The van der Waals surface area contributed by atoms with Crippen molar-refractivity contribution in [1.29, 1.82) is 0 Å². The average Bonchev–Trinajstić information content (AvgIpc) is 2.56. The number of benzene rings is 1. The molecule has 0 aromatic heterocycles. The van der Waals surface area contributed by atoms with Crippen molar-refractivity contribution in [3.8, 4) is 11.5 Å². The molecule has 0 saturated heterocycles. The minimum atomic E-state index is -0.525. The molecule has 1 amide bonds. The van der Waals surface area contributed by atoms with Crippen molar-refractivity contribution in [1.82, 2.24) is 5.32 Å². The summed E-state index contributed by atoms with van der Waals surface area (Å²) >= 11 is 0. The van der Waals surface area contributed by atoms with Crippen LogP contribution in [0.25, 0.3) is 0 Å². The van der Waals surface area contributed by atoms with Crippen molar-refractivity contribution in [3.05, 3.63) is 36.4 Å². The Labute approximate surface area is 159 Å². The molecule has 1 aliphatic rings. The second-order valence-electron chi connectivity index (χ2n) is 7.31. The number of alkyl carbamates (subject to hydrolysis) is 1. The Morgan fingerprint density at radius 3 is 2.56 bits per heavy atom. The van der Waals surface area contributed by atoms with E-state index in [1.165, 1.54) is 7.11 Å². The summed E-state index contributed by atoms with van der Waals surface area (Å²) in [6.45, 7) is 9.37. The summed E-state index contributed by atoms with van der Waals surface area (Å²) < 4.78 is 21.5. The summed E-state index contributed by atoms with van der Waals surface area (Å²) in [6, 6.07) is 4.90. The molecular formula is C20H27NO6. The number of hydrogen-bond donors (Lipinski definition) is 1. The van der Waals surface area contributed by atoms with E-state index in [1.807, 2.05) is 20.8 Å². The molecular weight excluding hydrogens is 350 g/mol. The molecule has 1 aliphatic carbocycles. The Balaban J connectivity index is 1.93. The number of carbonyl (C=O) groups excluding carboxylic acids is 2. The Hall–Kier alpha value is -2.70. The molecule has 2 rings (SSSR count). The maximum absolute atomic E-state index is 11.8. The van der Waals surface area contributed by atoms with Gasteiger partial charge in [-0.2, -0.15) is 0 Å². The van der Waals surface area contributed by atoms with Crippen molar-refractivity contribution in [3.63, 3.8) is 0 Å². The minimum Gasteiger partial charge on any atom is -0.486 e. The Morgan fingerprint density at radius 1 is 1.26 bits per heavy atom. The summed E-state index contributed by atoms with van der Waals surface area (Å²) in [5.74, 6) is 0.529. The van der Waals surface area contributed by atoms with Gasteiger partial charge in [-0.05, 0) is 39.0 Å². The van der Waals surface area contributed by atoms with Gasteiger partial charge in [0.2, 0.25) is 0 Å². The van der Waals surface area contributed by atoms with Crippen LogP contribution in [0.4, 0.5) is 4.79 Å². The van der Waals surface area contributed by atoms with Gasteiger partial charge >= 0.3 is 12.1 Å². The van der Waals surface area contributed by atoms with E-state index >= 15 is 0 Å². The van der Waals surface area contributed by atoms with E-state index in [9.17, 15) is 9.59 Å². The number of amides is 1. The highest BCUT2D eigenvalue weighted by atomic mass is 16.6. The number of esters is 1. The molecule has 1 fully saturated rings. The molecule has 0 radical (unpaired) electrons. The van der Waals surface area contributed by atoms with Gasteiger partial charge in [-0.15, -0.1) is 0 Å². The zero-order chi connectivity index (χ0) is 20.0. The number of ether oxygens (including phenoxy) is 4. The Morgan fingerprint density at radius 2 is 1.96 bits per heavy atom. The van der Waals surface area contributed by atoms with E-state index in [4.69, 9.17) is 18.9 Å². The highest BCUT2D eigenvalue weighted by Gasteiger charge is 2.33. The van der Waals surface area contributed by atoms with E-state index in [1.54, 1.807) is 24.3 Å². The van der Waals surface area contributed by atoms with Crippen LogP contribution in [0.2, 0.25) is 0 Å². The van der Waals surface area contributed by atoms with Crippen LogP contribution in [-0.2, 0) is 9.47 Å². The van der Waals surface area contributed by atoms with Crippen LogP contribution in [0.1, 0.15) is 44.0 Å². The predicted molar refractivity (Wildman–Crippen MR) is 100 cm³/mol. The molecule has 0 aliphatic heterocycles. The first kappa shape index (κ1) is 20.6. The molecule has 1 saturated carbocycles. The van der Waals surface area contributed by atoms with Crippen molar-refractivity contribution in [2.45, 2.75) is 51.4 Å². The normalized spacial score (nSPS) is 18.7. The van der Waals surface area contributed by atoms with Gasteiger partial charge in [0.25, 0.3) is 0 Å². The van der Waals surface area contributed by atoms with Crippen molar-refractivity contribution in [2.75, 3.05) is 13.7 Å². The highest BCUT2D eigenvalue weighted by molar-refractivity contribution is 5.90. The fourth-order valence-electron chi connectivity index (χ4n) is 2.55. The molecule has 1 aromatic carbocycles. The van der Waals surface area contributed by atoms with Crippen LogP contribution in [0, 0.1) is 0 Å². The molecule has 148 valence electrons. The zero-order valence-electron chi connectivity index (χ0n) is 16.2. The maximum Gasteiger partial charge on any atom is 0.407 e. The summed E-state index contributed by atoms with van der Waals surface area (Å²) in [5, 5.41) is 2.82. The summed E-state index contributed by atoms with van der Waals surface area (Å²) in [7, 11) is 1.32. The molecule has 0 spiro atoms. The number of rotatable bonds is 7. The fourth-order valence-corrected chi connectivity index (χ4v) is 2.55. The molecule has 7 nitrogen and oxygen atoms in total. The highest BCUT2D eigenvalue weighted by Crippen LogP contribution is 2.34. The van der Waals surface area contributed by atoms with E-state index in [2.05, 4.69) is 11.9 Å². The summed E-state index contributed by atoms with van der Waals surface area (Å²) in [6.07, 6.45) is 2.46. The van der Waals surface area contributed by atoms with E-state index in [-0.39, 0.29) is 18.8 Å². The van der Waals surface area contributed by atoms with Gasteiger partial charge in [-0.3, -0.25) is 0 Å². The lowest BCUT2D eigenvalue weighted by atomic mass is 9.89. The standard InChI is InChI=1S/C20H27NO6/c1-6-9-25-17-10-13(18(22)24-5)7-8-16(17)26-15-11-14(12-15)21-19(23)27-20(2,3)4/h6-8,10,14-15H,1,9,11-12H2,2-5H3,(H,21,23). The van der Waals surface area contributed by atoms with Gasteiger partial charge in [-0.1, -0.05) is 12.7 Å². The third-order valence-corrected chi connectivity index (χ3v) is 3.83. The lowest BCUT2D eigenvalue weighted by Crippen LogP contribution is -2.50. The summed E-state index contributed by atoms with van der Waals surface area (Å²) in [4.78, 5) is 23.5. The first-order valence-corrected chi connectivity index (χ1v) is 8.84. The van der Waals surface area contributed by atoms with Gasteiger partial charge in [0, 0.05) is 18.9 Å². The molecule has 1 aromatic rings. The van der Waals surface area contributed by atoms with Gasteiger partial charge in [-0.25, -0.2) is 9.59 Å². The lowest BCUT2D eigenvalue weighted by Gasteiger charge is -2.36. The number of hydrogen-bond acceptors (Lipinski definition) is 6. The Kier molecular flexibility index (Phi) is 6.71. The maximum atomic E-state index is 11.8. The molecule has 0 bridgehead atoms. The number of nitrogens with one attached hydrogen (secondary N) is 1. The predicted octanol–water partition coefficient (Wildman–Crippen LogP) is 3.47. The number of methoxy groups -OCH3 is 1. The largest absolute Gasteiger partial charge is 0.486 e. The van der Waals surface area contributed by atoms with Gasteiger partial charge in [0.15, 0.2) is 11.5 Å². The van der Waals surface area contributed by atoms with Crippen LogP contribution >= 0.6 is 0 Å². The zero-order valence-corrected chi connectivity index (χ0v) is 16.2. The molecule has 7 heteroatoms. The smallest absolute Gasteiger partial charge is 0.407 e. The molecule has 0 unspecified atom stereocenters.